The van der Waals surface area contributed by atoms with Gasteiger partial charge < -0.3 is 24.1 Å². The molecular weight excluding hydrogens is 622 g/mol. The Labute approximate surface area is 292 Å². The van der Waals surface area contributed by atoms with Crippen molar-refractivity contribution in [3.8, 4) is 6.07 Å². The largest absolute Gasteiger partial charge is 0.458 e. The zero-order chi connectivity index (χ0) is 36.0. The van der Waals surface area contributed by atoms with Gasteiger partial charge in [0.2, 0.25) is 0 Å². The molecule has 2 heterocycles. The quantitative estimate of drug-likeness (QED) is 0.191. The number of aliphatic hydroxyl groups is 1. The first-order valence-electron chi connectivity index (χ1n) is 18.8. The molecule has 7 aliphatic rings. The molecule has 0 aromatic carbocycles. The average molecular weight is 682 g/mol. The highest BCUT2D eigenvalue weighted by atomic mass is 16.7. The van der Waals surface area contributed by atoms with Gasteiger partial charge in [-0.05, 0) is 106 Å². The maximum absolute atomic E-state index is 14.4. The summed E-state index contributed by atoms with van der Waals surface area (Å²) in [6, 6.07) is 2.24. The predicted octanol–water partition coefficient (Wildman–Crippen LogP) is 7.03. The van der Waals surface area contributed by atoms with Crippen LogP contribution in [0.25, 0.3) is 0 Å². The Balaban J connectivity index is 1.03. The highest BCUT2D eigenvalue weighted by Crippen LogP contribution is 2.73. The van der Waals surface area contributed by atoms with E-state index in [0.29, 0.717) is 32.1 Å². The summed E-state index contributed by atoms with van der Waals surface area (Å²) in [5.41, 5.74) is -4.56. The minimum atomic E-state index is -1.06. The van der Waals surface area contributed by atoms with Crippen LogP contribution in [0.3, 0.4) is 0 Å². The minimum absolute atomic E-state index is 0.0207. The number of nitriles is 1. The lowest BCUT2D eigenvalue weighted by molar-refractivity contribution is -0.222. The molecule has 7 rings (SSSR count). The molecular formula is C40H59NO8. The lowest BCUT2D eigenvalue weighted by atomic mass is 9.70. The van der Waals surface area contributed by atoms with E-state index in [2.05, 4.69) is 61.5 Å². The van der Waals surface area contributed by atoms with Gasteiger partial charge in [0, 0.05) is 17.8 Å². The summed E-state index contributed by atoms with van der Waals surface area (Å²) in [4.78, 5) is 41.2. The van der Waals surface area contributed by atoms with Crippen LogP contribution in [0.2, 0.25) is 0 Å². The number of carbonyl (C=O) groups excluding carboxylic acids is 3. The maximum atomic E-state index is 14.4. The van der Waals surface area contributed by atoms with Gasteiger partial charge in [0.1, 0.15) is 23.4 Å². The Morgan fingerprint density at radius 3 is 2.27 bits per heavy atom. The van der Waals surface area contributed by atoms with Gasteiger partial charge in [-0.1, -0.05) is 55.4 Å². The predicted molar refractivity (Wildman–Crippen MR) is 179 cm³/mol. The van der Waals surface area contributed by atoms with Crippen molar-refractivity contribution in [1.82, 2.24) is 0 Å². The van der Waals surface area contributed by atoms with Crippen LogP contribution in [0.15, 0.2) is 0 Å². The summed E-state index contributed by atoms with van der Waals surface area (Å²) in [6.45, 7) is 21.5. The molecule has 0 radical (unpaired) electrons. The van der Waals surface area contributed by atoms with Crippen molar-refractivity contribution in [2.75, 3.05) is 0 Å². The molecule has 5 saturated carbocycles. The van der Waals surface area contributed by atoms with Gasteiger partial charge in [-0.15, -0.1) is 0 Å². The average Bonchev–Trinajstić information content (AvgIpc) is 3.40. The molecule has 0 aromatic rings. The standard InChI is InChI=1S/C40H59NO8/c1-32(2,3)18-40(31(45)49-36(9)12-11-23-16-37(36,10)48-28(23)42)21-35(40,8)14-13-33(4,5)19-39(20-34(39,6)7)30(44)46-26-24-15-25-27(26)47-29(43)38(25,17-24)22-41/h23-28,42H,11-21H2,1-10H3. The van der Waals surface area contributed by atoms with E-state index in [0.717, 1.165) is 38.5 Å². The number of hydrogen-bond acceptors (Lipinski definition) is 9. The van der Waals surface area contributed by atoms with Crippen LogP contribution in [0, 0.1) is 67.0 Å². The van der Waals surface area contributed by atoms with Gasteiger partial charge in [0.15, 0.2) is 11.7 Å². The third-order valence-electron chi connectivity index (χ3n) is 15.3. The molecule has 12 atom stereocenters. The molecule has 0 spiro atoms. The molecule has 2 saturated heterocycles. The summed E-state index contributed by atoms with van der Waals surface area (Å²) < 4.78 is 24.6. The number of hydrogen-bond donors (Lipinski definition) is 1. The Bertz CT molecular complexity index is 1500. The molecule has 1 N–H and O–H groups in total. The van der Waals surface area contributed by atoms with Crippen LogP contribution in [-0.4, -0.2) is 52.7 Å². The molecule has 2 aliphatic heterocycles. The molecule has 0 amide bonds. The second-order valence-corrected chi connectivity index (χ2v) is 21.0. The maximum Gasteiger partial charge on any atom is 0.327 e. The van der Waals surface area contributed by atoms with Gasteiger partial charge in [-0.25, -0.2) is 0 Å². The molecule has 9 heteroatoms. The monoisotopic (exact) mass is 681 g/mol. The van der Waals surface area contributed by atoms with E-state index < -0.39 is 51.9 Å². The number of fused-ring (bicyclic) bond motifs is 3. The first-order valence-corrected chi connectivity index (χ1v) is 18.8. The lowest BCUT2D eigenvalue weighted by Crippen LogP contribution is -2.55. The Kier molecular flexibility index (Phi) is 7.36. The normalized spacial score (nSPS) is 48.6. The van der Waals surface area contributed by atoms with Crippen LogP contribution in [0.4, 0.5) is 0 Å². The van der Waals surface area contributed by atoms with Crippen LogP contribution in [0.5, 0.6) is 0 Å². The van der Waals surface area contributed by atoms with Crippen molar-refractivity contribution in [3.05, 3.63) is 0 Å². The molecule has 12 unspecified atom stereocenters. The summed E-state index contributed by atoms with van der Waals surface area (Å²) in [6.07, 6.45) is 6.00. The Morgan fingerprint density at radius 2 is 1.65 bits per heavy atom. The smallest absolute Gasteiger partial charge is 0.327 e. The molecule has 49 heavy (non-hydrogen) atoms. The fraction of sp³-hybridized carbons (Fsp3) is 0.900. The minimum Gasteiger partial charge on any atom is -0.458 e. The highest BCUT2D eigenvalue weighted by Gasteiger charge is 2.75. The summed E-state index contributed by atoms with van der Waals surface area (Å²) in [5, 5.41) is 20.3. The molecule has 7 fully saturated rings. The number of ether oxygens (including phenoxy) is 4. The van der Waals surface area contributed by atoms with Gasteiger partial charge in [-0.2, -0.15) is 5.26 Å². The van der Waals surface area contributed by atoms with E-state index in [1.54, 1.807) is 0 Å². The van der Waals surface area contributed by atoms with Crippen LogP contribution >= 0.6 is 0 Å². The van der Waals surface area contributed by atoms with E-state index in [9.17, 15) is 24.8 Å². The second-order valence-electron chi connectivity index (χ2n) is 21.0. The van der Waals surface area contributed by atoms with Gasteiger partial charge in [-0.3, -0.25) is 14.4 Å². The fourth-order valence-corrected chi connectivity index (χ4v) is 11.8. The fourth-order valence-electron chi connectivity index (χ4n) is 11.8. The highest BCUT2D eigenvalue weighted by molar-refractivity contribution is 5.85. The lowest BCUT2D eigenvalue weighted by Gasteiger charge is -2.46. The first kappa shape index (κ1) is 35.2. The van der Waals surface area contributed by atoms with Crippen molar-refractivity contribution in [2.45, 2.75) is 170 Å². The number of carbonyl (C=O) groups is 3. The van der Waals surface area contributed by atoms with Crippen LogP contribution < -0.4 is 0 Å². The van der Waals surface area contributed by atoms with E-state index in [4.69, 9.17) is 18.9 Å². The molecule has 0 aromatic heterocycles. The van der Waals surface area contributed by atoms with E-state index in [1.807, 2.05) is 13.8 Å². The third-order valence-corrected chi connectivity index (χ3v) is 15.3. The van der Waals surface area contributed by atoms with E-state index in [-0.39, 0.29) is 51.4 Å². The summed E-state index contributed by atoms with van der Waals surface area (Å²) in [5.74, 6) is -0.917. The zero-order valence-electron chi connectivity index (χ0n) is 31.5. The first-order chi connectivity index (χ1) is 22.4. The van der Waals surface area contributed by atoms with Crippen molar-refractivity contribution < 1.29 is 38.4 Å². The topological polar surface area (TPSA) is 132 Å². The van der Waals surface area contributed by atoms with Crippen molar-refractivity contribution in [3.63, 3.8) is 0 Å². The van der Waals surface area contributed by atoms with Crippen LogP contribution in [0.1, 0.15) is 140 Å². The van der Waals surface area contributed by atoms with Gasteiger partial charge in [0.25, 0.3) is 0 Å². The summed E-state index contributed by atoms with van der Waals surface area (Å²) in [7, 11) is 0. The van der Waals surface area contributed by atoms with Crippen molar-refractivity contribution in [2.24, 2.45) is 55.7 Å². The molecule has 272 valence electrons. The number of nitrogens with zero attached hydrogens (tertiary/aromatic N) is 1. The zero-order valence-corrected chi connectivity index (χ0v) is 31.5. The van der Waals surface area contributed by atoms with E-state index >= 15 is 0 Å². The van der Waals surface area contributed by atoms with Gasteiger partial charge in [0.05, 0.1) is 16.9 Å². The number of aliphatic hydroxyl groups excluding tert-OH is 1. The van der Waals surface area contributed by atoms with Crippen molar-refractivity contribution >= 4 is 17.9 Å². The van der Waals surface area contributed by atoms with E-state index in [1.165, 1.54) is 0 Å². The Hall–Kier alpha value is -2.18. The van der Waals surface area contributed by atoms with Crippen molar-refractivity contribution in [1.29, 1.82) is 5.26 Å². The second kappa shape index (κ2) is 10.2. The van der Waals surface area contributed by atoms with Crippen LogP contribution in [-0.2, 0) is 33.3 Å². The SMILES string of the molecule is CC(C)(C)CC1(C(=O)OC2(C)CCC3CC2(C)OC3O)CC1(C)CCC(C)(C)CC1(C(=O)OC2C3CC4C2OC(=O)C4(C#N)C3)CC1(C)C. The Morgan fingerprint density at radius 1 is 0.980 bits per heavy atom. The molecule has 5 aliphatic carbocycles. The summed E-state index contributed by atoms with van der Waals surface area (Å²) >= 11 is 0. The number of esters is 3. The third kappa shape index (κ3) is 4.99. The molecule has 4 bridgehead atoms. The molecule has 9 nitrogen and oxygen atoms in total. The number of rotatable bonds is 10. The van der Waals surface area contributed by atoms with Gasteiger partial charge >= 0.3 is 17.9 Å².